The summed E-state index contributed by atoms with van der Waals surface area (Å²) in [4.78, 5) is 11.9. The van der Waals surface area contributed by atoms with Gasteiger partial charge in [-0.15, -0.1) is 0 Å². The van der Waals surface area contributed by atoms with Crippen molar-refractivity contribution >= 4 is 5.91 Å². The van der Waals surface area contributed by atoms with E-state index in [1.807, 2.05) is 19.3 Å². The molecule has 1 aromatic rings. The van der Waals surface area contributed by atoms with Gasteiger partial charge in [-0.1, -0.05) is 12.8 Å². The van der Waals surface area contributed by atoms with Crippen LogP contribution in [0.5, 0.6) is 0 Å². The zero-order valence-corrected chi connectivity index (χ0v) is 10.2. The van der Waals surface area contributed by atoms with Crippen LogP contribution in [0, 0.1) is 5.92 Å². The van der Waals surface area contributed by atoms with E-state index in [9.17, 15) is 9.90 Å². The lowest BCUT2D eigenvalue weighted by Gasteiger charge is -2.27. The predicted octanol–water partition coefficient (Wildman–Crippen LogP) is 1.31. The molecule has 1 aromatic heterocycles. The van der Waals surface area contributed by atoms with Gasteiger partial charge in [-0.2, -0.15) is 0 Å². The lowest BCUT2D eigenvalue weighted by molar-refractivity contribution is 0.0661. The van der Waals surface area contributed by atoms with Crippen LogP contribution >= 0.6 is 0 Å². The molecular formula is C13H20N2O2. The molecule has 2 unspecified atom stereocenters. The summed E-state index contributed by atoms with van der Waals surface area (Å²) in [6, 6.07) is 3.65. The smallest absolute Gasteiger partial charge is 0.267 e. The zero-order valence-electron chi connectivity index (χ0n) is 10.2. The van der Waals surface area contributed by atoms with Gasteiger partial charge >= 0.3 is 0 Å². The number of carbonyl (C=O) groups excluding carboxylic acids is 1. The Labute approximate surface area is 102 Å². The average molecular weight is 236 g/mol. The Morgan fingerprint density at radius 3 is 2.94 bits per heavy atom. The van der Waals surface area contributed by atoms with Crippen molar-refractivity contribution < 1.29 is 9.90 Å². The van der Waals surface area contributed by atoms with E-state index in [0.29, 0.717) is 12.2 Å². The van der Waals surface area contributed by atoms with Crippen LogP contribution in [0.25, 0.3) is 0 Å². The molecule has 2 rings (SSSR count). The first-order chi connectivity index (χ1) is 8.18. The summed E-state index contributed by atoms with van der Waals surface area (Å²) < 4.78 is 1.80. The highest BCUT2D eigenvalue weighted by Crippen LogP contribution is 2.23. The van der Waals surface area contributed by atoms with Crippen LogP contribution in [0.15, 0.2) is 18.3 Å². The highest BCUT2D eigenvalue weighted by Gasteiger charge is 2.23. The first-order valence-corrected chi connectivity index (χ1v) is 6.26. The first-order valence-electron chi connectivity index (χ1n) is 6.26. The Morgan fingerprint density at radius 1 is 1.53 bits per heavy atom. The summed E-state index contributed by atoms with van der Waals surface area (Å²) in [6.07, 6.45) is 5.73. The molecule has 1 aliphatic rings. The minimum absolute atomic E-state index is 0.0599. The first kappa shape index (κ1) is 12.2. The molecule has 1 amide bonds. The van der Waals surface area contributed by atoms with Crippen molar-refractivity contribution in [3.8, 4) is 0 Å². The number of aliphatic hydroxyl groups excluding tert-OH is 1. The molecular weight excluding hydrogens is 216 g/mol. The van der Waals surface area contributed by atoms with Crippen LogP contribution in [0.4, 0.5) is 0 Å². The summed E-state index contributed by atoms with van der Waals surface area (Å²) in [5.41, 5.74) is 0.662. The normalized spacial score (nSPS) is 24.6. The third kappa shape index (κ3) is 2.88. The molecule has 1 aliphatic carbocycles. The van der Waals surface area contributed by atoms with E-state index < -0.39 is 0 Å². The summed E-state index contributed by atoms with van der Waals surface area (Å²) in [7, 11) is 1.85. The van der Waals surface area contributed by atoms with Gasteiger partial charge in [-0.05, 0) is 25.0 Å². The van der Waals surface area contributed by atoms with E-state index in [2.05, 4.69) is 5.32 Å². The van der Waals surface area contributed by atoms with Crippen molar-refractivity contribution in [2.45, 2.75) is 31.8 Å². The molecule has 0 bridgehead atoms. The fourth-order valence-electron chi connectivity index (χ4n) is 2.44. The second-order valence-corrected chi connectivity index (χ2v) is 4.83. The van der Waals surface area contributed by atoms with Gasteiger partial charge in [0.15, 0.2) is 0 Å². The number of nitrogens with one attached hydrogen (secondary N) is 1. The predicted molar refractivity (Wildman–Crippen MR) is 65.7 cm³/mol. The topological polar surface area (TPSA) is 54.3 Å². The van der Waals surface area contributed by atoms with Crippen molar-refractivity contribution in [3.05, 3.63) is 24.0 Å². The highest BCUT2D eigenvalue weighted by atomic mass is 16.3. The fraction of sp³-hybridized carbons (Fsp3) is 0.615. The molecule has 4 nitrogen and oxygen atoms in total. The molecule has 0 saturated heterocycles. The molecule has 94 valence electrons. The van der Waals surface area contributed by atoms with Crippen LogP contribution in [0.1, 0.15) is 36.2 Å². The van der Waals surface area contributed by atoms with Crippen LogP contribution in [-0.4, -0.2) is 28.2 Å². The van der Waals surface area contributed by atoms with E-state index in [-0.39, 0.29) is 17.9 Å². The second kappa shape index (κ2) is 5.36. The van der Waals surface area contributed by atoms with Gasteiger partial charge in [0.1, 0.15) is 5.69 Å². The summed E-state index contributed by atoms with van der Waals surface area (Å²) >= 11 is 0. The van der Waals surface area contributed by atoms with E-state index in [1.165, 1.54) is 0 Å². The number of aryl methyl sites for hydroxylation is 1. The van der Waals surface area contributed by atoms with Gasteiger partial charge in [-0.25, -0.2) is 0 Å². The molecule has 1 fully saturated rings. The van der Waals surface area contributed by atoms with Gasteiger partial charge in [-0.3, -0.25) is 4.79 Å². The molecule has 0 radical (unpaired) electrons. The lowest BCUT2D eigenvalue weighted by atomic mass is 9.86. The van der Waals surface area contributed by atoms with Gasteiger partial charge < -0.3 is 15.0 Å². The zero-order chi connectivity index (χ0) is 12.3. The minimum atomic E-state index is -0.252. The number of amides is 1. The number of hydrogen-bond donors (Lipinski definition) is 2. The number of nitrogens with zero attached hydrogens (tertiary/aromatic N) is 1. The standard InChI is InChI=1S/C13H20N2O2/c1-15-8-4-6-11(15)13(17)14-9-10-5-2-3-7-12(10)16/h4,6,8,10,12,16H,2-3,5,7,9H2,1H3,(H,14,17). The largest absolute Gasteiger partial charge is 0.393 e. The summed E-state index contributed by atoms with van der Waals surface area (Å²) in [5.74, 6) is 0.156. The number of rotatable bonds is 3. The molecule has 0 spiro atoms. The average Bonchev–Trinajstić information content (AvgIpc) is 2.74. The maximum absolute atomic E-state index is 11.9. The fourth-order valence-corrected chi connectivity index (χ4v) is 2.44. The molecule has 2 atom stereocenters. The number of aromatic nitrogens is 1. The monoisotopic (exact) mass is 236 g/mol. The molecule has 0 aromatic carbocycles. The Morgan fingerprint density at radius 2 is 2.29 bits per heavy atom. The summed E-state index contributed by atoms with van der Waals surface area (Å²) in [5, 5.41) is 12.7. The van der Waals surface area contributed by atoms with Crippen molar-refractivity contribution in [1.29, 1.82) is 0 Å². The molecule has 2 N–H and O–H groups in total. The van der Waals surface area contributed by atoms with Crippen LogP contribution in [0.2, 0.25) is 0 Å². The molecule has 1 heterocycles. The number of aliphatic hydroxyl groups is 1. The van der Waals surface area contributed by atoms with Gasteiger partial charge in [0.2, 0.25) is 0 Å². The van der Waals surface area contributed by atoms with E-state index in [4.69, 9.17) is 0 Å². The maximum Gasteiger partial charge on any atom is 0.267 e. The van der Waals surface area contributed by atoms with E-state index in [0.717, 1.165) is 25.7 Å². The molecule has 4 heteroatoms. The molecule has 17 heavy (non-hydrogen) atoms. The Hall–Kier alpha value is -1.29. The van der Waals surface area contributed by atoms with Crippen molar-refractivity contribution in [2.75, 3.05) is 6.54 Å². The number of carbonyl (C=O) groups is 1. The van der Waals surface area contributed by atoms with Crippen LogP contribution < -0.4 is 5.32 Å². The lowest BCUT2D eigenvalue weighted by Crippen LogP contribution is -2.37. The van der Waals surface area contributed by atoms with Crippen molar-refractivity contribution in [1.82, 2.24) is 9.88 Å². The quantitative estimate of drug-likeness (QED) is 0.831. The second-order valence-electron chi connectivity index (χ2n) is 4.83. The van der Waals surface area contributed by atoms with E-state index >= 15 is 0 Å². The van der Waals surface area contributed by atoms with Crippen molar-refractivity contribution in [2.24, 2.45) is 13.0 Å². The third-order valence-corrected chi connectivity index (χ3v) is 3.57. The van der Waals surface area contributed by atoms with Crippen LogP contribution in [-0.2, 0) is 7.05 Å². The highest BCUT2D eigenvalue weighted by molar-refractivity contribution is 5.92. The Kier molecular flexibility index (Phi) is 3.84. The molecule has 0 aliphatic heterocycles. The third-order valence-electron chi connectivity index (χ3n) is 3.57. The SMILES string of the molecule is Cn1cccc1C(=O)NCC1CCCCC1O. The van der Waals surface area contributed by atoms with Gasteiger partial charge in [0, 0.05) is 25.7 Å². The Balaban J connectivity index is 1.86. The van der Waals surface area contributed by atoms with Gasteiger partial charge in [0.05, 0.1) is 6.10 Å². The summed E-state index contributed by atoms with van der Waals surface area (Å²) in [6.45, 7) is 0.575. The van der Waals surface area contributed by atoms with Crippen molar-refractivity contribution in [3.63, 3.8) is 0 Å². The molecule has 1 saturated carbocycles. The Bertz CT molecular complexity index is 387. The number of hydrogen-bond acceptors (Lipinski definition) is 2. The van der Waals surface area contributed by atoms with Crippen LogP contribution in [0.3, 0.4) is 0 Å². The maximum atomic E-state index is 11.9. The minimum Gasteiger partial charge on any atom is -0.393 e. The van der Waals surface area contributed by atoms with Gasteiger partial charge in [0.25, 0.3) is 5.91 Å². The van der Waals surface area contributed by atoms with E-state index in [1.54, 1.807) is 10.6 Å².